The lowest BCUT2D eigenvalue weighted by molar-refractivity contribution is 0.643. The van der Waals surface area contributed by atoms with Crippen LogP contribution >= 0.6 is 15.9 Å². The molecule has 0 bridgehead atoms. The third kappa shape index (κ3) is 2.65. The van der Waals surface area contributed by atoms with E-state index in [2.05, 4.69) is 26.6 Å². The van der Waals surface area contributed by atoms with Crippen LogP contribution in [0.1, 0.15) is 11.1 Å². The van der Waals surface area contributed by atoms with Gasteiger partial charge in [-0.15, -0.1) is 0 Å². The minimum atomic E-state index is -0.215. The maximum atomic E-state index is 9.08. The van der Waals surface area contributed by atoms with E-state index in [0.717, 1.165) is 28.7 Å². The number of nitrogens with one attached hydrogen (secondary N) is 2. The minimum absolute atomic E-state index is 0.0231. The van der Waals surface area contributed by atoms with Gasteiger partial charge in [0.15, 0.2) is 5.57 Å². The van der Waals surface area contributed by atoms with Crippen LogP contribution in [-0.2, 0) is 13.0 Å². The molecule has 98 valence electrons. The van der Waals surface area contributed by atoms with Crippen LogP contribution in [0.2, 0.25) is 0 Å². The molecule has 5 nitrogen and oxygen atoms in total. The van der Waals surface area contributed by atoms with Crippen molar-refractivity contribution in [2.45, 2.75) is 13.0 Å². The monoisotopic (exact) mass is 327 g/mol. The van der Waals surface area contributed by atoms with Gasteiger partial charge >= 0.3 is 0 Å². The quantitative estimate of drug-likeness (QED) is 0.813. The second kappa shape index (κ2) is 6.21. The van der Waals surface area contributed by atoms with Crippen LogP contribution in [-0.4, -0.2) is 6.54 Å². The first-order chi connectivity index (χ1) is 9.71. The highest BCUT2D eigenvalue weighted by Crippen LogP contribution is 2.30. The van der Waals surface area contributed by atoms with Crippen LogP contribution < -0.4 is 10.6 Å². The molecule has 1 heterocycles. The van der Waals surface area contributed by atoms with Crippen molar-refractivity contribution in [2.75, 3.05) is 11.9 Å². The molecule has 0 saturated carbocycles. The first kappa shape index (κ1) is 14.1. The fraction of sp³-hybridized carbons (Fsp3) is 0.214. The summed E-state index contributed by atoms with van der Waals surface area (Å²) in [6, 6.07) is 9.05. The van der Waals surface area contributed by atoms with E-state index in [4.69, 9.17) is 15.8 Å². The van der Waals surface area contributed by atoms with E-state index in [1.54, 1.807) is 12.1 Å². The molecule has 1 aliphatic rings. The Bertz CT molecular complexity index is 684. The fourth-order valence-electron chi connectivity index (χ4n) is 2.10. The van der Waals surface area contributed by atoms with Crippen molar-refractivity contribution in [2.24, 2.45) is 0 Å². The molecule has 0 unspecified atom stereocenters. The summed E-state index contributed by atoms with van der Waals surface area (Å²) < 4.78 is 1.03. The summed E-state index contributed by atoms with van der Waals surface area (Å²) in [5.41, 5.74) is 2.74. The van der Waals surface area contributed by atoms with E-state index in [9.17, 15) is 0 Å². The summed E-state index contributed by atoms with van der Waals surface area (Å²) in [6.07, 6.45) is 0.889. The van der Waals surface area contributed by atoms with E-state index in [0.29, 0.717) is 6.54 Å². The molecule has 2 rings (SSSR count). The van der Waals surface area contributed by atoms with Gasteiger partial charge in [0.2, 0.25) is 0 Å². The Morgan fingerprint density at radius 3 is 2.55 bits per heavy atom. The highest BCUT2D eigenvalue weighted by Gasteiger charge is 2.17. The summed E-state index contributed by atoms with van der Waals surface area (Å²) in [7, 11) is 0. The lowest BCUT2D eigenvalue weighted by Crippen LogP contribution is -2.25. The Kier molecular flexibility index (Phi) is 4.38. The molecule has 20 heavy (non-hydrogen) atoms. The molecule has 0 saturated heterocycles. The largest absolute Gasteiger partial charge is 0.345 e. The number of allylic oxidation sites excluding steroid dienone is 2. The predicted molar refractivity (Wildman–Crippen MR) is 77.0 cm³/mol. The Hall–Kier alpha value is -2.33. The molecule has 0 aliphatic carbocycles. The number of hydrogen-bond acceptors (Lipinski definition) is 5. The molecule has 1 aromatic rings. The zero-order chi connectivity index (χ0) is 14.5. The molecule has 1 aromatic carbocycles. The topological polar surface area (TPSA) is 95.4 Å². The molecule has 1 aliphatic heterocycles. The number of rotatable bonds is 2. The highest BCUT2D eigenvalue weighted by atomic mass is 79.9. The van der Waals surface area contributed by atoms with Crippen molar-refractivity contribution in [3.05, 3.63) is 39.0 Å². The van der Waals surface area contributed by atoms with Gasteiger partial charge in [0.05, 0.1) is 0 Å². The summed E-state index contributed by atoms with van der Waals surface area (Å²) in [5, 5.41) is 32.9. The first-order valence-corrected chi connectivity index (χ1v) is 6.73. The summed E-state index contributed by atoms with van der Waals surface area (Å²) >= 11 is 3.52. The van der Waals surface area contributed by atoms with Crippen LogP contribution in [0, 0.1) is 34.0 Å². The third-order valence-corrected chi connectivity index (χ3v) is 3.82. The molecular weight excluding hydrogens is 318 g/mol. The third-order valence-electron chi connectivity index (χ3n) is 3.07. The molecule has 0 atom stereocenters. The summed E-state index contributed by atoms with van der Waals surface area (Å²) in [6.45, 7) is 1.59. The molecule has 0 fully saturated rings. The molecule has 0 amide bonds. The number of anilines is 1. The number of fused-ring (bicyclic) bond motifs is 1. The number of nitrogens with zero attached hydrogens (tertiary/aromatic N) is 3. The predicted octanol–water partition coefficient (Wildman–Crippen LogP) is 2.33. The summed E-state index contributed by atoms with van der Waals surface area (Å²) in [4.78, 5) is 0. The van der Waals surface area contributed by atoms with Gasteiger partial charge in [0, 0.05) is 16.7 Å². The molecule has 0 aromatic heterocycles. The maximum absolute atomic E-state index is 9.08. The first-order valence-electron chi connectivity index (χ1n) is 5.93. The van der Waals surface area contributed by atoms with Crippen LogP contribution in [0.15, 0.2) is 27.9 Å². The number of hydrogen-bond donors (Lipinski definition) is 2. The van der Waals surface area contributed by atoms with Crippen molar-refractivity contribution in [1.29, 1.82) is 15.8 Å². The maximum Gasteiger partial charge on any atom is 0.163 e. The van der Waals surface area contributed by atoms with E-state index in [1.165, 1.54) is 5.56 Å². The standard InChI is InChI=1S/C14H10BrN5/c15-12-1-2-13(11-8-19-4-3-10(11)12)20-14(7-18)9(5-16)6-17/h1-2,19-20H,3-4,8H2. The number of halogens is 1. The van der Waals surface area contributed by atoms with Gasteiger partial charge in [-0.3, -0.25) is 0 Å². The van der Waals surface area contributed by atoms with Gasteiger partial charge in [-0.2, -0.15) is 15.8 Å². The average molecular weight is 328 g/mol. The zero-order valence-corrected chi connectivity index (χ0v) is 12.1. The molecule has 0 radical (unpaired) electrons. The van der Waals surface area contributed by atoms with Gasteiger partial charge < -0.3 is 10.6 Å². The SMILES string of the molecule is N#CC(C#N)=C(C#N)Nc1ccc(Br)c2c1CNCC2. The second-order valence-electron chi connectivity index (χ2n) is 4.19. The Morgan fingerprint density at radius 1 is 1.15 bits per heavy atom. The van der Waals surface area contributed by atoms with Gasteiger partial charge in [-0.05, 0) is 36.2 Å². The fourth-order valence-corrected chi connectivity index (χ4v) is 2.67. The highest BCUT2D eigenvalue weighted by molar-refractivity contribution is 9.10. The average Bonchev–Trinajstić information content (AvgIpc) is 2.50. The van der Waals surface area contributed by atoms with E-state index < -0.39 is 0 Å². The van der Waals surface area contributed by atoms with E-state index >= 15 is 0 Å². The van der Waals surface area contributed by atoms with Gasteiger partial charge in [-0.25, -0.2) is 0 Å². The number of nitriles is 3. The lowest BCUT2D eigenvalue weighted by atomic mass is 9.99. The Balaban J connectivity index is 2.46. The van der Waals surface area contributed by atoms with Crippen molar-refractivity contribution < 1.29 is 0 Å². The lowest BCUT2D eigenvalue weighted by Gasteiger charge is -2.22. The van der Waals surface area contributed by atoms with Crippen LogP contribution in [0.5, 0.6) is 0 Å². The van der Waals surface area contributed by atoms with E-state index in [-0.39, 0.29) is 11.3 Å². The van der Waals surface area contributed by atoms with Gasteiger partial charge in [-0.1, -0.05) is 15.9 Å². The van der Waals surface area contributed by atoms with E-state index in [1.807, 2.05) is 18.2 Å². The molecular formula is C14H10BrN5. The minimum Gasteiger partial charge on any atom is -0.345 e. The zero-order valence-electron chi connectivity index (χ0n) is 10.5. The Labute approximate surface area is 125 Å². The molecule has 6 heteroatoms. The number of benzene rings is 1. The van der Waals surface area contributed by atoms with Crippen molar-refractivity contribution in [3.8, 4) is 18.2 Å². The van der Waals surface area contributed by atoms with Crippen molar-refractivity contribution >= 4 is 21.6 Å². The smallest absolute Gasteiger partial charge is 0.163 e. The van der Waals surface area contributed by atoms with Crippen LogP contribution in [0.25, 0.3) is 0 Å². The van der Waals surface area contributed by atoms with Gasteiger partial charge in [0.1, 0.15) is 23.9 Å². The molecule has 2 N–H and O–H groups in total. The van der Waals surface area contributed by atoms with Crippen LogP contribution in [0.4, 0.5) is 5.69 Å². The van der Waals surface area contributed by atoms with Gasteiger partial charge in [0.25, 0.3) is 0 Å². The van der Waals surface area contributed by atoms with Crippen molar-refractivity contribution in [3.63, 3.8) is 0 Å². The Morgan fingerprint density at radius 2 is 1.90 bits per heavy atom. The summed E-state index contributed by atoms with van der Waals surface area (Å²) in [5.74, 6) is 0. The molecule has 0 spiro atoms. The van der Waals surface area contributed by atoms with Crippen LogP contribution in [0.3, 0.4) is 0 Å². The second-order valence-corrected chi connectivity index (χ2v) is 5.04. The van der Waals surface area contributed by atoms with Crippen molar-refractivity contribution in [1.82, 2.24) is 5.32 Å². The normalized spacial score (nSPS) is 12.3.